The van der Waals surface area contributed by atoms with Gasteiger partial charge in [0.25, 0.3) is 5.91 Å². The van der Waals surface area contributed by atoms with Crippen molar-refractivity contribution < 1.29 is 9.32 Å². The number of carbonyl (C=O) groups excluding carboxylic acids is 1. The molecule has 8 nitrogen and oxygen atoms in total. The molecular weight excluding hydrogens is 392 g/mol. The zero-order chi connectivity index (χ0) is 21.2. The fourth-order valence-corrected chi connectivity index (χ4v) is 3.73. The lowest BCUT2D eigenvalue weighted by Gasteiger charge is -2.35. The summed E-state index contributed by atoms with van der Waals surface area (Å²) in [5.74, 6) is 2.91. The van der Waals surface area contributed by atoms with Crippen molar-refractivity contribution in [1.29, 1.82) is 0 Å². The summed E-state index contributed by atoms with van der Waals surface area (Å²) in [4.78, 5) is 26.0. The zero-order valence-electron chi connectivity index (χ0n) is 17.2. The summed E-state index contributed by atoms with van der Waals surface area (Å²) in [6, 6.07) is 17.3. The van der Waals surface area contributed by atoms with E-state index >= 15 is 0 Å². The number of amides is 1. The maximum Gasteiger partial charge on any atom is 0.276 e. The lowest BCUT2D eigenvalue weighted by Crippen LogP contribution is -2.49. The maximum absolute atomic E-state index is 12.9. The van der Waals surface area contributed by atoms with Crippen LogP contribution in [0.15, 0.2) is 71.5 Å². The van der Waals surface area contributed by atoms with Gasteiger partial charge in [0.2, 0.25) is 0 Å². The van der Waals surface area contributed by atoms with Crippen molar-refractivity contribution in [3.63, 3.8) is 0 Å². The van der Waals surface area contributed by atoms with Gasteiger partial charge in [-0.15, -0.1) is 0 Å². The molecule has 0 N–H and O–H groups in total. The number of nitrogens with zero attached hydrogens (tertiary/aromatic N) is 6. The molecule has 156 valence electrons. The molecular formula is C23H22N6O2. The van der Waals surface area contributed by atoms with Crippen LogP contribution < -0.4 is 4.90 Å². The number of carbonyl (C=O) groups is 1. The van der Waals surface area contributed by atoms with E-state index in [0.29, 0.717) is 37.6 Å². The van der Waals surface area contributed by atoms with E-state index in [0.717, 1.165) is 23.0 Å². The van der Waals surface area contributed by atoms with Gasteiger partial charge in [0.15, 0.2) is 11.5 Å². The Kier molecular flexibility index (Phi) is 4.95. The van der Waals surface area contributed by atoms with Gasteiger partial charge in [0.05, 0.1) is 0 Å². The molecule has 0 aliphatic carbocycles. The van der Waals surface area contributed by atoms with Gasteiger partial charge in [-0.25, -0.2) is 9.97 Å². The first-order valence-electron chi connectivity index (χ1n) is 10.2. The molecule has 0 saturated carbocycles. The van der Waals surface area contributed by atoms with Crippen LogP contribution in [0, 0.1) is 6.92 Å². The zero-order valence-corrected chi connectivity index (χ0v) is 17.2. The highest BCUT2D eigenvalue weighted by molar-refractivity contribution is 5.93. The number of hydrogen-bond acceptors (Lipinski definition) is 6. The van der Waals surface area contributed by atoms with E-state index in [-0.39, 0.29) is 5.91 Å². The molecule has 1 aromatic carbocycles. The fourth-order valence-electron chi connectivity index (χ4n) is 3.73. The van der Waals surface area contributed by atoms with Crippen LogP contribution in [0.2, 0.25) is 0 Å². The van der Waals surface area contributed by atoms with Gasteiger partial charge in [-0.05, 0) is 19.1 Å². The van der Waals surface area contributed by atoms with Gasteiger partial charge in [0.1, 0.15) is 17.5 Å². The Bertz CT molecular complexity index is 1180. The molecule has 1 saturated heterocycles. The molecule has 1 amide bonds. The number of rotatable bonds is 4. The molecule has 5 rings (SSSR count). The van der Waals surface area contributed by atoms with Crippen molar-refractivity contribution in [3.8, 4) is 17.1 Å². The van der Waals surface area contributed by atoms with Gasteiger partial charge in [-0.1, -0.05) is 35.5 Å². The van der Waals surface area contributed by atoms with Crippen LogP contribution in [-0.4, -0.2) is 56.7 Å². The standard InChI is InChI=1S/C23H22N6O2/c1-17-24-21(27-9-5-6-10-27)16-22(25-17)28-11-13-29(14-12-28)23(30)19-15-20(31-26-19)18-7-3-2-4-8-18/h2-10,15-16H,11-14H2,1H3. The third kappa shape index (κ3) is 3.92. The second kappa shape index (κ2) is 8.06. The average Bonchev–Trinajstić information content (AvgIpc) is 3.52. The van der Waals surface area contributed by atoms with E-state index < -0.39 is 0 Å². The quantitative estimate of drug-likeness (QED) is 0.510. The van der Waals surface area contributed by atoms with Gasteiger partial charge >= 0.3 is 0 Å². The smallest absolute Gasteiger partial charge is 0.276 e. The van der Waals surface area contributed by atoms with E-state index in [1.54, 1.807) is 6.07 Å². The minimum atomic E-state index is -0.113. The summed E-state index contributed by atoms with van der Waals surface area (Å²) >= 11 is 0. The lowest BCUT2D eigenvalue weighted by atomic mass is 10.1. The van der Waals surface area contributed by atoms with Crippen LogP contribution in [0.25, 0.3) is 17.1 Å². The van der Waals surface area contributed by atoms with Gasteiger partial charge in [0, 0.05) is 56.3 Å². The topological polar surface area (TPSA) is 80.3 Å². The van der Waals surface area contributed by atoms with E-state index in [1.807, 2.05) is 77.3 Å². The molecule has 3 aromatic heterocycles. The molecule has 31 heavy (non-hydrogen) atoms. The normalized spacial score (nSPS) is 14.1. The molecule has 0 unspecified atom stereocenters. The molecule has 8 heteroatoms. The Morgan fingerprint density at radius 1 is 0.903 bits per heavy atom. The third-order valence-electron chi connectivity index (χ3n) is 5.36. The number of aromatic nitrogens is 4. The van der Waals surface area contributed by atoms with Crippen LogP contribution in [-0.2, 0) is 0 Å². The van der Waals surface area contributed by atoms with Crippen LogP contribution in [0.4, 0.5) is 5.82 Å². The highest BCUT2D eigenvalue weighted by Crippen LogP contribution is 2.22. The fraction of sp³-hybridized carbons (Fsp3) is 0.217. The van der Waals surface area contributed by atoms with Crippen LogP contribution in [0.3, 0.4) is 0 Å². The van der Waals surface area contributed by atoms with Crippen molar-refractivity contribution in [2.24, 2.45) is 0 Å². The first kappa shape index (κ1) is 19.0. The first-order chi connectivity index (χ1) is 15.2. The van der Waals surface area contributed by atoms with Crippen molar-refractivity contribution in [3.05, 3.63) is 78.5 Å². The number of aryl methyl sites for hydroxylation is 1. The number of piperazine rings is 1. The summed E-state index contributed by atoms with van der Waals surface area (Å²) < 4.78 is 7.35. The van der Waals surface area contributed by atoms with Gasteiger partial charge in [-0.3, -0.25) is 4.79 Å². The summed E-state index contributed by atoms with van der Waals surface area (Å²) in [5, 5.41) is 3.99. The predicted octanol–water partition coefficient (Wildman–Crippen LogP) is 3.19. The largest absolute Gasteiger partial charge is 0.355 e. The molecule has 1 aliphatic rings. The van der Waals surface area contributed by atoms with Crippen LogP contribution in [0.1, 0.15) is 16.3 Å². The highest BCUT2D eigenvalue weighted by atomic mass is 16.5. The van der Waals surface area contributed by atoms with E-state index in [9.17, 15) is 4.79 Å². The van der Waals surface area contributed by atoms with Gasteiger partial charge < -0.3 is 18.9 Å². The average molecular weight is 414 g/mol. The number of benzene rings is 1. The second-order valence-corrected chi connectivity index (χ2v) is 7.44. The minimum Gasteiger partial charge on any atom is -0.355 e. The van der Waals surface area contributed by atoms with Crippen molar-refractivity contribution in [1.82, 2.24) is 24.6 Å². The molecule has 1 fully saturated rings. The van der Waals surface area contributed by atoms with Crippen LogP contribution >= 0.6 is 0 Å². The molecule has 0 radical (unpaired) electrons. The monoisotopic (exact) mass is 414 g/mol. The number of anilines is 1. The van der Waals surface area contributed by atoms with E-state index in [2.05, 4.69) is 20.0 Å². The molecule has 4 aromatic rings. The molecule has 0 spiro atoms. The van der Waals surface area contributed by atoms with Gasteiger partial charge in [-0.2, -0.15) is 0 Å². The van der Waals surface area contributed by atoms with Crippen molar-refractivity contribution in [2.45, 2.75) is 6.92 Å². The summed E-state index contributed by atoms with van der Waals surface area (Å²) in [6.45, 7) is 4.46. The first-order valence-corrected chi connectivity index (χ1v) is 10.2. The van der Waals surface area contributed by atoms with E-state index in [4.69, 9.17) is 4.52 Å². The Morgan fingerprint density at radius 3 is 2.35 bits per heavy atom. The Labute approximate surface area is 179 Å². The third-order valence-corrected chi connectivity index (χ3v) is 5.36. The predicted molar refractivity (Wildman–Crippen MR) is 116 cm³/mol. The lowest BCUT2D eigenvalue weighted by molar-refractivity contribution is 0.0736. The van der Waals surface area contributed by atoms with Crippen molar-refractivity contribution >= 4 is 11.7 Å². The molecule has 0 bridgehead atoms. The highest BCUT2D eigenvalue weighted by Gasteiger charge is 2.25. The number of hydrogen-bond donors (Lipinski definition) is 0. The molecule has 1 aliphatic heterocycles. The van der Waals surface area contributed by atoms with Crippen LogP contribution in [0.5, 0.6) is 0 Å². The Morgan fingerprint density at radius 2 is 1.61 bits per heavy atom. The summed E-state index contributed by atoms with van der Waals surface area (Å²) in [5.41, 5.74) is 1.23. The maximum atomic E-state index is 12.9. The molecule has 0 atom stereocenters. The second-order valence-electron chi connectivity index (χ2n) is 7.44. The Hall–Kier alpha value is -3.94. The summed E-state index contributed by atoms with van der Waals surface area (Å²) in [6.07, 6.45) is 3.92. The van der Waals surface area contributed by atoms with E-state index in [1.165, 1.54) is 0 Å². The minimum absolute atomic E-state index is 0.113. The van der Waals surface area contributed by atoms with Crippen molar-refractivity contribution in [2.75, 3.05) is 31.1 Å². The molecule has 4 heterocycles. The summed E-state index contributed by atoms with van der Waals surface area (Å²) in [7, 11) is 0. The Balaban J connectivity index is 1.27. The SMILES string of the molecule is Cc1nc(N2CCN(C(=O)c3cc(-c4ccccc4)on3)CC2)cc(-n2cccc2)n1.